The molecule has 1 aromatic carbocycles. The van der Waals surface area contributed by atoms with Crippen molar-refractivity contribution in [2.24, 2.45) is 0 Å². The number of aromatic nitrogens is 2. The standard InChI is InChI=1S/C19H15FN2O2/c1-12-5-6-17(22-11-12)13-8-14(10-15(9-13)19(23)24-2)18-16(20)4-3-7-21-18/h3-11H,1-2H3. The Hall–Kier alpha value is -3.08. The molecule has 5 heteroatoms. The van der Waals surface area contributed by atoms with Gasteiger partial charge in [-0.05, 0) is 48.9 Å². The Morgan fingerprint density at radius 1 is 1.08 bits per heavy atom. The predicted molar refractivity (Wildman–Crippen MR) is 88.9 cm³/mol. The highest BCUT2D eigenvalue weighted by Crippen LogP contribution is 2.28. The Labute approximate surface area is 139 Å². The van der Waals surface area contributed by atoms with Crippen molar-refractivity contribution in [3.05, 3.63) is 71.8 Å². The van der Waals surface area contributed by atoms with Gasteiger partial charge in [0.15, 0.2) is 0 Å². The van der Waals surface area contributed by atoms with Crippen LogP contribution in [-0.4, -0.2) is 23.0 Å². The smallest absolute Gasteiger partial charge is 0.337 e. The Balaban J connectivity index is 2.19. The molecule has 0 saturated carbocycles. The van der Waals surface area contributed by atoms with Gasteiger partial charge in [-0.3, -0.25) is 9.97 Å². The van der Waals surface area contributed by atoms with Gasteiger partial charge in [0.1, 0.15) is 11.5 Å². The van der Waals surface area contributed by atoms with Gasteiger partial charge in [0.05, 0.1) is 18.4 Å². The van der Waals surface area contributed by atoms with Crippen molar-refractivity contribution in [1.29, 1.82) is 0 Å². The van der Waals surface area contributed by atoms with Crippen molar-refractivity contribution in [3.8, 4) is 22.5 Å². The van der Waals surface area contributed by atoms with Crippen molar-refractivity contribution in [1.82, 2.24) is 9.97 Å². The van der Waals surface area contributed by atoms with E-state index in [0.29, 0.717) is 22.4 Å². The lowest BCUT2D eigenvalue weighted by atomic mass is 10.0. The first kappa shape index (κ1) is 15.8. The zero-order valence-corrected chi connectivity index (χ0v) is 13.3. The van der Waals surface area contributed by atoms with E-state index in [9.17, 15) is 9.18 Å². The Morgan fingerprint density at radius 2 is 1.88 bits per heavy atom. The van der Waals surface area contributed by atoms with E-state index in [1.807, 2.05) is 19.1 Å². The number of ether oxygens (including phenoxy) is 1. The van der Waals surface area contributed by atoms with Gasteiger partial charge in [0.25, 0.3) is 0 Å². The number of methoxy groups -OCH3 is 1. The fourth-order valence-corrected chi connectivity index (χ4v) is 2.38. The second-order valence-electron chi connectivity index (χ2n) is 5.35. The largest absolute Gasteiger partial charge is 0.465 e. The zero-order valence-electron chi connectivity index (χ0n) is 13.3. The number of rotatable bonds is 3. The van der Waals surface area contributed by atoms with Crippen LogP contribution in [0.3, 0.4) is 0 Å². The van der Waals surface area contributed by atoms with E-state index in [4.69, 9.17) is 4.74 Å². The summed E-state index contributed by atoms with van der Waals surface area (Å²) in [5.41, 5.74) is 3.39. The fourth-order valence-electron chi connectivity index (χ4n) is 2.38. The molecule has 0 aliphatic heterocycles. The third kappa shape index (κ3) is 3.15. The van der Waals surface area contributed by atoms with E-state index in [0.717, 1.165) is 5.56 Å². The molecule has 0 atom stereocenters. The van der Waals surface area contributed by atoms with Crippen LogP contribution in [0.25, 0.3) is 22.5 Å². The van der Waals surface area contributed by atoms with Crippen molar-refractivity contribution in [2.75, 3.05) is 7.11 Å². The lowest BCUT2D eigenvalue weighted by Crippen LogP contribution is -2.02. The average molecular weight is 322 g/mol. The first-order valence-corrected chi connectivity index (χ1v) is 7.36. The summed E-state index contributed by atoms with van der Waals surface area (Å²) in [6, 6.07) is 11.6. The van der Waals surface area contributed by atoms with Crippen LogP contribution in [0.4, 0.5) is 4.39 Å². The van der Waals surface area contributed by atoms with Crippen LogP contribution in [0.1, 0.15) is 15.9 Å². The van der Waals surface area contributed by atoms with Crippen LogP contribution in [0.5, 0.6) is 0 Å². The molecule has 0 fully saturated rings. The summed E-state index contributed by atoms with van der Waals surface area (Å²) in [7, 11) is 1.31. The molecule has 0 aliphatic carbocycles. The first-order chi connectivity index (χ1) is 11.6. The minimum atomic E-state index is -0.499. The summed E-state index contributed by atoms with van der Waals surface area (Å²) in [6.07, 6.45) is 3.24. The third-order valence-corrected chi connectivity index (χ3v) is 3.59. The predicted octanol–water partition coefficient (Wildman–Crippen LogP) is 4.04. The van der Waals surface area contributed by atoms with Crippen LogP contribution in [0.2, 0.25) is 0 Å². The van der Waals surface area contributed by atoms with Crippen molar-refractivity contribution in [2.45, 2.75) is 6.92 Å². The molecule has 3 aromatic rings. The summed E-state index contributed by atoms with van der Waals surface area (Å²) >= 11 is 0. The number of carbonyl (C=O) groups excluding carboxylic acids is 1. The van der Waals surface area contributed by atoms with Crippen LogP contribution >= 0.6 is 0 Å². The highest BCUT2D eigenvalue weighted by atomic mass is 19.1. The second kappa shape index (κ2) is 6.58. The summed E-state index contributed by atoms with van der Waals surface area (Å²) in [5, 5.41) is 0. The maximum Gasteiger partial charge on any atom is 0.337 e. The summed E-state index contributed by atoms with van der Waals surface area (Å²) in [6.45, 7) is 1.94. The molecule has 0 radical (unpaired) electrons. The van der Waals surface area contributed by atoms with Crippen molar-refractivity contribution >= 4 is 5.97 Å². The fraction of sp³-hybridized carbons (Fsp3) is 0.105. The van der Waals surface area contributed by atoms with E-state index in [-0.39, 0.29) is 5.69 Å². The van der Waals surface area contributed by atoms with Gasteiger partial charge >= 0.3 is 5.97 Å². The lowest BCUT2D eigenvalue weighted by molar-refractivity contribution is 0.0601. The second-order valence-corrected chi connectivity index (χ2v) is 5.35. The number of carbonyl (C=O) groups is 1. The highest BCUT2D eigenvalue weighted by molar-refractivity contribution is 5.93. The Bertz CT molecular complexity index is 892. The number of nitrogens with zero attached hydrogens (tertiary/aromatic N) is 2. The first-order valence-electron chi connectivity index (χ1n) is 7.36. The molecule has 120 valence electrons. The van der Waals surface area contributed by atoms with Crippen molar-refractivity contribution < 1.29 is 13.9 Å². The summed E-state index contributed by atoms with van der Waals surface area (Å²) in [4.78, 5) is 20.4. The number of benzene rings is 1. The number of pyridine rings is 2. The van der Waals surface area contributed by atoms with E-state index < -0.39 is 11.8 Å². The lowest BCUT2D eigenvalue weighted by Gasteiger charge is -2.09. The van der Waals surface area contributed by atoms with Gasteiger partial charge in [-0.1, -0.05) is 6.07 Å². The van der Waals surface area contributed by atoms with Gasteiger partial charge in [0, 0.05) is 23.5 Å². The van der Waals surface area contributed by atoms with Gasteiger partial charge in [-0.2, -0.15) is 0 Å². The quantitative estimate of drug-likeness (QED) is 0.683. The number of aryl methyl sites for hydroxylation is 1. The molecule has 3 rings (SSSR count). The van der Waals surface area contributed by atoms with Crippen LogP contribution < -0.4 is 0 Å². The molecule has 24 heavy (non-hydrogen) atoms. The summed E-state index contributed by atoms with van der Waals surface area (Å²) < 4.78 is 18.9. The molecule has 0 saturated heterocycles. The number of esters is 1. The van der Waals surface area contributed by atoms with Gasteiger partial charge in [-0.25, -0.2) is 9.18 Å². The van der Waals surface area contributed by atoms with Crippen LogP contribution in [-0.2, 0) is 4.74 Å². The zero-order chi connectivity index (χ0) is 17.1. The molecule has 2 aromatic heterocycles. The van der Waals surface area contributed by atoms with Gasteiger partial charge in [0.2, 0.25) is 0 Å². The molecular weight excluding hydrogens is 307 g/mol. The van der Waals surface area contributed by atoms with E-state index in [2.05, 4.69) is 9.97 Å². The monoisotopic (exact) mass is 322 g/mol. The maximum atomic E-state index is 14.1. The minimum Gasteiger partial charge on any atom is -0.465 e. The molecule has 2 heterocycles. The third-order valence-electron chi connectivity index (χ3n) is 3.59. The molecule has 0 spiro atoms. The topological polar surface area (TPSA) is 52.1 Å². The van der Waals surface area contributed by atoms with Crippen LogP contribution in [0.15, 0.2) is 54.9 Å². The minimum absolute atomic E-state index is 0.177. The van der Waals surface area contributed by atoms with E-state index in [1.54, 1.807) is 24.4 Å². The van der Waals surface area contributed by atoms with Gasteiger partial charge in [-0.15, -0.1) is 0 Å². The average Bonchev–Trinajstić information content (AvgIpc) is 2.61. The van der Waals surface area contributed by atoms with Crippen LogP contribution in [0, 0.1) is 12.7 Å². The summed E-state index contributed by atoms with van der Waals surface area (Å²) in [5.74, 6) is -0.955. The molecule has 0 bridgehead atoms. The molecular formula is C19H15FN2O2. The van der Waals surface area contributed by atoms with E-state index >= 15 is 0 Å². The molecule has 0 amide bonds. The normalized spacial score (nSPS) is 10.5. The molecule has 4 nitrogen and oxygen atoms in total. The molecule has 0 unspecified atom stereocenters. The number of halogens is 1. The SMILES string of the molecule is COC(=O)c1cc(-c2ccc(C)cn2)cc(-c2ncccc2F)c1. The Kier molecular flexibility index (Phi) is 4.33. The maximum absolute atomic E-state index is 14.1. The van der Waals surface area contributed by atoms with Crippen molar-refractivity contribution in [3.63, 3.8) is 0 Å². The van der Waals surface area contributed by atoms with Gasteiger partial charge < -0.3 is 4.74 Å². The molecule has 0 aliphatic rings. The van der Waals surface area contributed by atoms with E-state index in [1.165, 1.54) is 25.4 Å². The highest BCUT2D eigenvalue weighted by Gasteiger charge is 2.14. The number of hydrogen-bond donors (Lipinski definition) is 0. The number of hydrogen-bond acceptors (Lipinski definition) is 4. The molecule has 0 N–H and O–H groups in total. The Morgan fingerprint density at radius 3 is 2.54 bits per heavy atom.